The van der Waals surface area contributed by atoms with Crippen LogP contribution in [0.15, 0.2) is 54.4 Å². The van der Waals surface area contributed by atoms with Gasteiger partial charge in [-0.2, -0.15) is 0 Å². The molecule has 0 aliphatic rings. The minimum atomic E-state index is -1.04. The van der Waals surface area contributed by atoms with E-state index in [2.05, 4.69) is 46.7 Å². The standard InChI is InChI=1S/C33H38N2O6/c1-18(2)32(37)41-30-27(39-9)10-11-34-29(30)31(36)35-23(7)33(38)40-24(8)28(25-14-19(3)12-20(4)15-25)26-16-21(5)13-22(6)17-26/h10-18,23H,1-9H3,(H,35,36)/t23-/m0/s1. The minimum absolute atomic E-state index is 0.116. The van der Waals surface area contributed by atoms with Crippen molar-refractivity contribution < 1.29 is 28.6 Å². The molecular weight excluding hydrogens is 520 g/mol. The number of aromatic nitrogens is 1. The zero-order valence-corrected chi connectivity index (χ0v) is 25.2. The normalized spacial score (nSPS) is 11.5. The van der Waals surface area contributed by atoms with Gasteiger partial charge in [-0.3, -0.25) is 9.59 Å². The summed E-state index contributed by atoms with van der Waals surface area (Å²) in [5, 5.41) is 2.61. The van der Waals surface area contributed by atoms with Crippen LogP contribution in [-0.4, -0.2) is 36.0 Å². The van der Waals surface area contributed by atoms with Gasteiger partial charge in [0.15, 0.2) is 11.4 Å². The van der Waals surface area contributed by atoms with E-state index in [1.54, 1.807) is 20.8 Å². The molecule has 0 unspecified atom stereocenters. The van der Waals surface area contributed by atoms with Crippen molar-refractivity contribution in [3.63, 3.8) is 0 Å². The van der Waals surface area contributed by atoms with Gasteiger partial charge >= 0.3 is 11.9 Å². The molecule has 0 bridgehead atoms. The Labute approximate surface area is 241 Å². The lowest BCUT2D eigenvalue weighted by atomic mass is 9.92. The van der Waals surface area contributed by atoms with Gasteiger partial charge in [-0.25, -0.2) is 9.78 Å². The number of amides is 1. The first-order chi connectivity index (χ1) is 19.3. The second kappa shape index (κ2) is 13.3. The van der Waals surface area contributed by atoms with Gasteiger partial charge in [0.25, 0.3) is 5.91 Å². The fourth-order valence-corrected chi connectivity index (χ4v) is 4.50. The molecule has 0 saturated heterocycles. The molecule has 0 aliphatic heterocycles. The van der Waals surface area contributed by atoms with Crippen molar-refractivity contribution in [3.8, 4) is 11.5 Å². The van der Waals surface area contributed by atoms with Gasteiger partial charge in [0.1, 0.15) is 11.8 Å². The molecule has 3 rings (SSSR count). The van der Waals surface area contributed by atoms with Gasteiger partial charge < -0.3 is 19.5 Å². The monoisotopic (exact) mass is 558 g/mol. The van der Waals surface area contributed by atoms with Gasteiger partial charge in [0.2, 0.25) is 5.75 Å². The van der Waals surface area contributed by atoms with E-state index in [-0.39, 0.29) is 17.2 Å². The maximum atomic E-state index is 13.2. The number of nitrogens with zero attached hydrogens (tertiary/aromatic N) is 1. The van der Waals surface area contributed by atoms with Crippen LogP contribution in [0.4, 0.5) is 0 Å². The second-order valence-corrected chi connectivity index (χ2v) is 10.6. The van der Waals surface area contributed by atoms with Crippen molar-refractivity contribution in [2.45, 2.75) is 61.4 Å². The van der Waals surface area contributed by atoms with Gasteiger partial charge in [0.05, 0.1) is 13.0 Å². The van der Waals surface area contributed by atoms with Crippen LogP contribution in [0.3, 0.4) is 0 Å². The van der Waals surface area contributed by atoms with Gasteiger partial charge in [-0.1, -0.05) is 72.5 Å². The molecule has 41 heavy (non-hydrogen) atoms. The van der Waals surface area contributed by atoms with Crippen LogP contribution in [0, 0.1) is 33.6 Å². The molecule has 1 aromatic heterocycles. The van der Waals surface area contributed by atoms with Crippen LogP contribution >= 0.6 is 0 Å². The highest BCUT2D eigenvalue weighted by Gasteiger charge is 2.26. The van der Waals surface area contributed by atoms with Crippen molar-refractivity contribution in [2.75, 3.05) is 7.11 Å². The molecule has 8 nitrogen and oxygen atoms in total. The predicted molar refractivity (Wildman–Crippen MR) is 158 cm³/mol. The lowest BCUT2D eigenvalue weighted by Gasteiger charge is -2.19. The molecular formula is C33H38N2O6. The number of allylic oxidation sites excluding steroid dienone is 1. The quantitative estimate of drug-likeness (QED) is 0.253. The first-order valence-electron chi connectivity index (χ1n) is 13.5. The average Bonchev–Trinajstić information content (AvgIpc) is 2.87. The van der Waals surface area contributed by atoms with Crippen molar-refractivity contribution in [1.29, 1.82) is 0 Å². The van der Waals surface area contributed by atoms with Crippen LogP contribution in [0.1, 0.15) is 71.6 Å². The Bertz CT molecular complexity index is 1410. The fraction of sp³-hybridized carbons (Fsp3) is 0.333. The molecule has 1 heterocycles. The SMILES string of the molecule is COc1ccnc(C(=O)N[C@@H](C)C(=O)OC(C)=C(c2cc(C)cc(C)c2)c2cc(C)cc(C)c2)c1OC(=O)C(C)C. The Kier molecular flexibility index (Phi) is 10.1. The smallest absolute Gasteiger partial charge is 0.333 e. The van der Waals surface area contributed by atoms with Crippen LogP contribution in [0.25, 0.3) is 5.57 Å². The highest BCUT2D eigenvalue weighted by Crippen LogP contribution is 2.32. The first-order valence-corrected chi connectivity index (χ1v) is 13.5. The molecule has 216 valence electrons. The lowest BCUT2D eigenvalue weighted by molar-refractivity contribution is -0.141. The largest absolute Gasteiger partial charge is 0.493 e. The Morgan fingerprint density at radius 2 is 1.32 bits per heavy atom. The van der Waals surface area contributed by atoms with Gasteiger partial charge in [-0.15, -0.1) is 0 Å². The number of methoxy groups -OCH3 is 1. The number of pyridine rings is 1. The van der Waals surface area contributed by atoms with Gasteiger partial charge in [-0.05, 0) is 52.7 Å². The summed E-state index contributed by atoms with van der Waals surface area (Å²) in [5.41, 5.74) is 6.79. The third-order valence-corrected chi connectivity index (χ3v) is 6.31. The Morgan fingerprint density at radius 1 is 0.805 bits per heavy atom. The summed E-state index contributed by atoms with van der Waals surface area (Å²) < 4.78 is 16.5. The lowest BCUT2D eigenvalue weighted by Crippen LogP contribution is -2.40. The number of carbonyl (C=O) groups is 3. The van der Waals surface area contributed by atoms with Crippen molar-refractivity contribution in [2.24, 2.45) is 5.92 Å². The Balaban J connectivity index is 1.93. The van der Waals surface area contributed by atoms with Gasteiger partial charge in [0, 0.05) is 17.8 Å². The first kappa shape index (κ1) is 31.1. The molecule has 1 N–H and O–H groups in total. The Hall–Kier alpha value is -4.46. The number of aryl methyl sites for hydroxylation is 4. The van der Waals surface area contributed by atoms with Crippen molar-refractivity contribution in [1.82, 2.24) is 10.3 Å². The molecule has 0 fully saturated rings. The van der Waals surface area contributed by atoms with E-state index in [9.17, 15) is 14.4 Å². The molecule has 0 aliphatic carbocycles. The van der Waals surface area contributed by atoms with E-state index in [4.69, 9.17) is 14.2 Å². The highest BCUT2D eigenvalue weighted by molar-refractivity contribution is 5.99. The number of hydrogen-bond donors (Lipinski definition) is 1. The molecule has 0 saturated carbocycles. The topological polar surface area (TPSA) is 104 Å². The van der Waals surface area contributed by atoms with E-state index in [0.29, 0.717) is 5.76 Å². The summed E-state index contributed by atoms with van der Waals surface area (Å²) >= 11 is 0. The molecule has 3 aromatic rings. The van der Waals surface area contributed by atoms with E-state index < -0.39 is 29.8 Å². The molecule has 0 spiro atoms. The maximum Gasteiger partial charge on any atom is 0.333 e. The minimum Gasteiger partial charge on any atom is -0.493 e. The summed E-state index contributed by atoms with van der Waals surface area (Å²) in [4.78, 5) is 42.8. The number of esters is 2. The van der Waals surface area contributed by atoms with E-state index >= 15 is 0 Å². The maximum absolute atomic E-state index is 13.2. The third kappa shape index (κ3) is 7.81. The molecule has 8 heteroatoms. The number of carbonyl (C=O) groups excluding carboxylic acids is 3. The van der Waals surface area contributed by atoms with Crippen LogP contribution in [-0.2, 0) is 14.3 Å². The number of hydrogen-bond acceptors (Lipinski definition) is 7. The molecule has 0 radical (unpaired) electrons. The number of nitrogens with one attached hydrogen (secondary N) is 1. The van der Waals surface area contributed by atoms with Crippen LogP contribution < -0.4 is 14.8 Å². The van der Waals surface area contributed by atoms with E-state index in [0.717, 1.165) is 39.0 Å². The third-order valence-electron chi connectivity index (χ3n) is 6.31. The molecule has 1 atom stereocenters. The number of ether oxygens (including phenoxy) is 3. The zero-order chi connectivity index (χ0) is 30.4. The van der Waals surface area contributed by atoms with Crippen molar-refractivity contribution in [3.05, 3.63) is 93.5 Å². The summed E-state index contributed by atoms with van der Waals surface area (Å²) in [6.45, 7) is 14.7. The average molecular weight is 559 g/mol. The Morgan fingerprint density at radius 3 is 1.78 bits per heavy atom. The zero-order valence-electron chi connectivity index (χ0n) is 25.2. The summed E-state index contributed by atoms with van der Waals surface area (Å²) in [7, 11) is 1.39. The summed E-state index contributed by atoms with van der Waals surface area (Å²) in [5.74, 6) is -1.92. The second-order valence-electron chi connectivity index (χ2n) is 10.6. The van der Waals surface area contributed by atoms with Crippen LogP contribution in [0.5, 0.6) is 11.5 Å². The van der Waals surface area contributed by atoms with E-state index in [1.807, 2.05) is 27.7 Å². The van der Waals surface area contributed by atoms with Crippen LogP contribution in [0.2, 0.25) is 0 Å². The number of benzene rings is 2. The number of rotatable bonds is 9. The predicted octanol–water partition coefficient (Wildman–Crippen LogP) is 6.03. The highest BCUT2D eigenvalue weighted by atomic mass is 16.6. The summed E-state index contributed by atoms with van der Waals surface area (Å²) in [6, 6.07) is 12.8. The molecule has 2 aromatic carbocycles. The molecule has 1 amide bonds. The van der Waals surface area contributed by atoms with E-state index in [1.165, 1.54) is 26.3 Å². The fourth-order valence-electron chi connectivity index (χ4n) is 4.50. The summed E-state index contributed by atoms with van der Waals surface area (Å²) in [6.07, 6.45) is 1.36. The van der Waals surface area contributed by atoms with Crippen molar-refractivity contribution >= 4 is 23.4 Å².